The van der Waals surface area contributed by atoms with Crippen LogP contribution in [-0.2, 0) is 9.53 Å². The summed E-state index contributed by atoms with van der Waals surface area (Å²) < 4.78 is 4.58. The molecule has 0 aromatic carbocycles. The van der Waals surface area contributed by atoms with Gasteiger partial charge in [-0.2, -0.15) is 0 Å². The number of ether oxygens (including phenoxy) is 1. The van der Waals surface area contributed by atoms with Gasteiger partial charge in [0.15, 0.2) is 0 Å². The minimum atomic E-state index is -0.140. The number of hydrogen-bond acceptors (Lipinski definition) is 3. The molecule has 1 N–H and O–H groups in total. The van der Waals surface area contributed by atoms with E-state index in [1.807, 2.05) is 0 Å². The predicted molar refractivity (Wildman–Crippen MR) is 44.6 cm³/mol. The molecule has 0 aromatic heterocycles. The molecule has 0 aliphatic heterocycles. The number of methoxy groups -OCH3 is 1. The Balaban J connectivity index is 2.21. The molecule has 1 saturated carbocycles. The topological polar surface area (TPSA) is 46.5 Å². The maximum absolute atomic E-state index is 10.9. The van der Waals surface area contributed by atoms with Crippen molar-refractivity contribution in [3.63, 3.8) is 0 Å². The Morgan fingerprint density at radius 1 is 1.42 bits per heavy atom. The first-order valence-corrected chi connectivity index (χ1v) is 4.47. The molecule has 0 spiro atoms. The lowest BCUT2D eigenvalue weighted by Gasteiger charge is -2.24. The SMILES string of the molecule is COC(=O)C[C@H]1CC[C@H](O)CC1. The summed E-state index contributed by atoms with van der Waals surface area (Å²) >= 11 is 0. The van der Waals surface area contributed by atoms with Gasteiger partial charge >= 0.3 is 5.97 Å². The molecule has 0 heterocycles. The number of aliphatic hydroxyl groups excluding tert-OH is 1. The van der Waals surface area contributed by atoms with E-state index in [0.717, 1.165) is 25.7 Å². The number of carbonyl (C=O) groups is 1. The minimum absolute atomic E-state index is 0.128. The van der Waals surface area contributed by atoms with Gasteiger partial charge in [-0.15, -0.1) is 0 Å². The molecule has 0 amide bonds. The molecule has 1 fully saturated rings. The largest absolute Gasteiger partial charge is 0.469 e. The van der Waals surface area contributed by atoms with Crippen molar-refractivity contribution in [3.05, 3.63) is 0 Å². The van der Waals surface area contributed by atoms with E-state index in [4.69, 9.17) is 0 Å². The zero-order chi connectivity index (χ0) is 8.97. The van der Waals surface area contributed by atoms with Gasteiger partial charge in [0.25, 0.3) is 0 Å². The van der Waals surface area contributed by atoms with Gasteiger partial charge in [-0.25, -0.2) is 0 Å². The van der Waals surface area contributed by atoms with Crippen molar-refractivity contribution in [1.29, 1.82) is 0 Å². The molecule has 70 valence electrons. The van der Waals surface area contributed by atoms with E-state index in [1.54, 1.807) is 0 Å². The molecular weight excluding hydrogens is 156 g/mol. The van der Waals surface area contributed by atoms with Gasteiger partial charge in [-0.05, 0) is 31.6 Å². The van der Waals surface area contributed by atoms with Gasteiger partial charge in [0, 0.05) is 6.42 Å². The fourth-order valence-corrected chi connectivity index (χ4v) is 1.67. The highest BCUT2D eigenvalue weighted by Crippen LogP contribution is 2.26. The second kappa shape index (κ2) is 4.45. The van der Waals surface area contributed by atoms with E-state index in [-0.39, 0.29) is 12.1 Å². The normalized spacial score (nSPS) is 29.8. The van der Waals surface area contributed by atoms with Crippen LogP contribution in [-0.4, -0.2) is 24.3 Å². The molecule has 3 heteroatoms. The van der Waals surface area contributed by atoms with Gasteiger partial charge < -0.3 is 9.84 Å². The number of rotatable bonds is 2. The van der Waals surface area contributed by atoms with Crippen LogP contribution in [0.4, 0.5) is 0 Å². The summed E-state index contributed by atoms with van der Waals surface area (Å²) in [5.74, 6) is 0.303. The molecule has 0 aromatic rings. The van der Waals surface area contributed by atoms with Crippen LogP contribution in [0.1, 0.15) is 32.1 Å². The van der Waals surface area contributed by atoms with E-state index in [1.165, 1.54) is 7.11 Å². The molecule has 1 rings (SSSR count). The van der Waals surface area contributed by atoms with Crippen LogP contribution < -0.4 is 0 Å². The zero-order valence-corrected chi connectivity index (χ0v) is 7.45. The van der Waals surface area contributed by atoms with Gasteiger partial charge in [-0.1, -0.05) is 0 Å². The molecule has 0 bridgehead atoms. The quantitative estimate of drug-likeness (QED) is 0.634. The summed E-state index contributed by atoms with van der Waals surface area (Å²) in [5, 5.41) is 9.20. The van der Waals surface area contributed by atoms with Crippen LogP contribution in [0.5, 0.6) is 0 Å². The maximum Gasteiger partial charge on any atom is 0.305 e. The van der Waals surface area contributed by atoms with E-state index in [0.29, 0.717) is 12.3 Å². The van der Waals surface area contributed by atoms with Gasteiger partial charge in [-0.3, -0.25) is 4.79 Å². The Kier molecular flexibility index (Phi) is 3.53. The second-order valence-electron chi connectivity index (χ2n) is 3.45. The molecule has 0 saturated heterocycles. The molecule has 1 aliphatic carbocycles. The zero-order valence-electron chi connectivity index (χ0n) is 7.45. The van der Waals surface area contributed by atoms with Crippen molar-refractivity contribution in [2.45, 2.75) is 38.2 Å². The first-order valence-electron chi connectivity index (χ1n) is 4.47. The Morgan fingerprint density at radius 3 is 2.50 bits per heavy atom. The van der Waals surface area contributed by atoms with E-state index < -0.39 is 0 Å². The third kappa shape index (κ3) is 2.81. The Labute approximate surface area is 72.7 Å². The molecule has 0 unspecified atom stereocenters. The van der Waals surface area contributed by atoms with E-state index in [9.17, 15) is 9.90 Å². The monoisotopic (exact) mass is 172 g/mol. The Bertz CT molecular complexity index is 148. The minimum Gasteiger partial charge on any atom is -0.469 e. The summed E-state index contributed by atoms with van der Waals surface area (Å²) in [7, 11) is 1.42. The Hall–Kier alpha value is -0.570. The third-order valence-electron chi connectivity index (χ3n) is 2.50. The van der Waals surface area contributed by atoms with Crippen LogP contribution in [0.25, 0.3) is 0 Å². The summed E-state index contributed by atoms with van der Waals surface area (Å²) in [4.78, 5) is 10.9. The van der Waals surface area contributed by atoms with Crippen LogP contribution in [0.2, 0.25) is 0 Å². The second-order valence-corrected chi connectivity index (χ2v) is 3.45. The van der Waals surface area contributed by atoms with Crippen LogP contribution >= 0.6 is 0 Å². The summed E-state index contributed by atoms with van der Waals surface area (Å²) in [6.45, 7) is 0. The van der Waals surface area contributed by atoms with Gasteiger partial charge in [0.2, 0.25) is 0 Å². The van der Waals surface area contributed by atoms with Crippen molar-refractivity contribution >= 4 is 5.97 Å². The predicted octanol–water partition coefficient (Wildman–Crippen LogP) is 1.10. The lowest BCUT2D eigenvalue weighted by atomic mass is 9.85. The lowest BCUT2D eigenvalue weighted by molar-refractivity contribution is -0.142. The molecule has 1 aliphatic rings. The first kappa shape index (κ1) is 9.52. The molecule has 0 radical (unpaired) electrons. The third-order valence-corrected chi connectivity index (χ3v) is 2.50. The molecular formula is C9H16O3. The number of aliphatic hydroxyl groups is 1. The summed E-state index contributed by atoms with van der Waals surface area (Å²) in [6.07, 6.45) is 3.96. The lowest BCUT2D eigenvalue weighted by Crippen LogP contribution is -2.20. The Morgan fingerprint density at radius 2 is 2.00 bits per heavy atom. The van der Waals surface area contributed by atoms with Crippen LogP contribution in [0, 0.1) is 5.92 Å². The number of carbonyl (C=O) groups excluding carboxylic acids is 1. The van der Waals surface area contributed by atoms with Crippen molar-refractivity contribution < 1.29 is 14.6 Å². The number of hydrogen-bond donors (Lipinski definition) is 1. The first-order chi connectivity index (χ1) is 5.72. The highest BCUT2D eigenvalue weighted by molar-refractivity contribution is 5.69. The highest BCUT2D eigenvalue weighted by Gasteiger charge is 2.21. The molecule has 3 nitrogen and oxygen atoms in total. The fraction of sp³-hybridized carbons (Fsp3) is 0.889. The average molecular weight is 172 g/mol. The standard InChI is InChI=1S/C9H16O3/c1-12-9(11)6-7-2-4-8(10)5-3-7/h7-8,10H,2-6H2,1H3/t7-,8-. The fourth-order valence-electron chi connectivity index (χ4n) is 1.67. The molecule has 12 heavy (non-hydrogen) atoms. The molecule has 0 atom stereocenters. The van der Waals surface area contributed by atoms with Crippen molar-refractivity contribution in [2.75, 3.05) is 7.11 Å². The van der Waals surface area contributed by atoms with Gasteiger partial charge in [0.1, 0.15) is 0 Å². The van der Waals surface area contributed by atoms with Gasteiger partial charge in [0.05, 0.1) is 13.2 Å². The van der Waals surface area contributed by atoms with E-state index in [2.05, 4.69) is 4.74 Å². The summed E-state index contributed by atoms with van der Waals surface area (Å²) in [6, 6.07) is 0. The van der Waals surface area contributed by atoms with Crippen molar-refractivity contribution in [1.82, 2.24) is 0 Å². The number of esters is 1. The van der Waals surface area contributed by atoms with Crippen molar-refractivity contribution in [3.8, 4) is 0 Å². The smallest absolute Gasteiger partial charge is 0.305 e. The highest BCUT2D eigenvalue weighted by atomic mass is 16.5. The van der Waals surface area contributed by atoms with Crippen LogP contribution in [0.15, 0.2) is 0 Å². The van der Waals surface area contributed by atoms with E-state index >= 15 is 0 Å². The average Bonchev–Trinajstić information content (AvgIpc) is 2.09. The van der Waals surface area contributed by atoms with Crippen LogP contribution in [0.3, 0.4) is 0 Å². The summed E-state index contributed by atoms with van der Waals surface area (Å²) in [5.41, 5.74) is 0. The van der Waals surface area contributed by atoms with Crippen molar-refractivity contribution in [2.24, 2.45) is 5.92 Å². The maximum atomic E-state index is 10.9.